The summed E-state index contributed by atoms with van der Waals surface area (Å²) in [6, 6.07) is 10.1. The molecule has 3 heteroatoms. The molecule has 0 fully saturated rings. The highest BCUT2D eigenvalue weighted by Gasteiger charge is 2.22. The Morgan fingerprint density at radius 2 is 1.43 bits per heavy atom. The zero-order valence-corrected chi connectivity index (χ0v) is 19.1. The summed E-state index contributed by atoms with van der Waals surface area (Å²) in [7, 11) is 0. The van der Waals surface area contributed by atoms with Gasteiger partial charge in [-0.05, 0) is 63.1 Å². The lowest BCUT2D eigenvalue weighted by molar-refractivity contribution is 0.0937. The molecule has 1 atom stereocenters. The van der Waals surface area contributed by atoms with Gasteiger partial charge in [0, 0.05) is 5.69 Å². The third-order valence-corrected chi connectivity index (χ3v) is 6.57. The van der Waals surface area contributed by atoms with Crippen LogP contribution in [0.3, 0.4) is 0 Å². The van der Waals surface area contributed by atoms with Gasteiger partial charge in [-0.15, -0.1) is 0 Å². The lowest BCUT2D eigenvalue weighted by atomic mass is 9.91. The van der Waals surface area contributed by atoms with Crippen LogP contribution in [0.2, 0.25) is 0 Å². The van der Waals surface area contributed by atoms with Crippen LogP contribution in [-0.4, -0.2) is 10.9 Å². The van der Waals surface area contributed by atoms with Crippen LogP contribution in [0.15, 0.2) is 30.3 Å². The van der Waals surface area contributed by atoms with Crippen molar-refractivity contribution in [3.63, 3.8) is 0 Å². The van der Waals surface area contributed by atoms with E-state index in [1.54, 1.807) is 0 Å². The summed E-state index contributed by atoms with van der Waals surface area (Å²) < 4.78 is 0. The van der Waals surface area contributed by atoms with Crippen LogP contribution >= 0.6 is 0 Å². The van der Waals surface area contributed by atoms with Crippen molar-refractivity contribution in [2.75, 3.05) is 0 Å². The first-order valence-corrected chi connectivity index (χ1v) is 11.9. The van der Waals surface area contributed by atoms with Gasteiger partial charge in [0.1, 0.15) is 0 Å². The maximum absolute atomic E-state index is 13.3. The zero-order chi connectivity index (χ0) is 21.3. The minimum Gasteiger partial charge on any atom is -0.345 e. The first-order chi connectivity index (χ1) is 14.6. The second-order valence-corrected chi connectivity index (χ2v) is 8.91. The lowest BCUT2D eigenvalue weighted by Crippen LogP contribution is -2.29. The Balaban J connectivity index is 1.86. The van der Waals surface area contributed by atoms with Gasteiger partial charge < -0.3 is 5.32 Å². The summed E-state index contributed by atoms with van der Waals surface area (Å²) >= 11 is 0. The van der Waals surface area contributed by atoms with Gasteiger partial charge in [0.25, 0.3) is 5.91 Å². The molecule has 2 aromatic rings. The Kier molecular flexibility index (Phi) is 8.48. The second-order valence-electron chi connectivity index (χ2n) is 8.91. The molecule has 1 heterocycles. The van der Waals surface area contributed by atoms with Crippen molar-refractivity contribution in [1.82, 2.24) is 10.3 Å². The number of aryl methyl sites for hydroxylation is 2. The van der Waals surface area contributed by atoms with Gasteiger partial charge in [0.15, 0.2) is 0 Å². The third-order valence-electron chi connectivity index (χ3n) is 6.57. The fraction of sp³-hybridized carbons (Fsp3) is 0.556. The van der Waals surface area contributed by atoms with Crippen molar-refractivity contribution in [3.05, 3.63) is 64.0 Å². The average Bonchev–Trinajstić information content (AvgIpc) is 2.74. The molecule has 2 bridgehead atoms. The largest absolute Gasteiger partial charge is 0.345 e. The summed E-state index contributed by atoms with van der Waals surface area (Å²) in [5.74, 6) is 0.0159. The van der Waals surface area contributed by atoms with Crippen LogP contribution in [0.4, 0.5) is 0 Å². The van der Waals surface area contributed by atoms with E-state index in [-0.39, 0.29) is 11.9 Å². The number of fused-ring (bicyclic) bond motifs is 2. The molecule has 0 unspecified atom stereocenters. The van der Waals surface area contributed by atoms with Crippen LogP contribution in [0.5, 0.6) is 0 Å². The molecule has 0 spiro atoms. The molecule has 1 aliphatic rings. The summed E-state index contributed by atoms with van der Waals surface area (Å²) in [5, 5.41) is 3.22. The van der Waals surface area contributed by atoms with Crippen LogP contribution in [-0.2, 0) is 12.8 Å². The number of aromatic nitrogens is 1. The standard InChI is InChI=1S/C27H38N2O/c1-20-24-18-14-9-7-5-4-6-8-10-15-19-25(20)28-22(3)26(24)27(30)29-21(2)23-16-12-11-13-17-23/h11-13,16-17,21H,4-10,14-15,18-19H2,1-3H3,(H,29,30)/t21-/m1/s1. The Morgan fingerprint density at radius 3 is 2.07 bits per heavy atom. The summed E-state index contributed by atoms with van der Waals surface area (Å²) in [4.78, 5) is 18.3. The van der Waals surface area contributed by atoms with Crippen molar-refractivity contribution >= 4 is 5.91 Å². The van der Waals surface area contributed by atoms with Crippen molar-refractivity contribution in [1.29, 1.82) is 0 Å². The molecule has 0 radical (unpaired) electrons. The zero-order valence-electron chi connectivity index (χ0n) is 19.1. The second kappa shape index (κ2) is 11.3. The number of amides is 1. The lowest BCUT2D eigenvalue weighted by Gasteiger charge is -2.21. The number of hydrogen-bond donors (Lipinski definition) is 1. The highest BCUT2D eigenvalue weighted by molar-refractivity contribution is 5.97. The Labute approximate surface area is 182 Å². The van der Waals surface area contributed by atoms with Crippen LogP contribution in [0, 0.1) is 13.8 Å². The highest BCUT2D eigenvalue weighted by atomic mass is 16.1. The van der Waals surface area contributed by atoms with Crippen LogP contribution in [0.1, 0.15) is 109 Å². The van der Waals surface area contributed by atoms with Gasteiger partial charge in [-0.2, -0.15) is 0 Å². The molecule has 3 nitrogen and oxygen atoms in total. The SMILES string of the molecule is Cc1nc2c(C)c(c1C(=O)N[C@H](C)c1ccccc1)CCCCCCCCCCC2. The molecular weight excluding hydrogens is 368 g/mol. The van der Waals surface area contributed by atoms with Gasteiger partial charge in [-0.25, -0.2) is 0 Å². The van der Waals surface area contributed by atoms with Gasteiger partial charge in [0.2, 0.25) is 0 Å². The van der Waals surface area contributed by atoms with Gasteiger partial charge in [0.05, 0.1) is 17.3 Å². The molecule has 1 aromatic heterocycles. The van der Waals surface area contributed by atoms with Crippen molar-refractivity contribution < 1.29 is 4.79 Å². The number of nitrogens with zero attached hydrogens (tertiary/aromatic N) is 1. The van der Waals surface area contributed by atoms with E-state index in [1.807, 2.05) is 25.1 Å². The van der Waals surface area contributed by atoms with Crippen LogP contribution in [0.25, 0.3) is 0 Å². The predicted molar refractivity (Wildman–Crippen MR) is 125 cm³/mol. The van der Waals surface area contributed by atoms with E-state index in [4.69, 9.17) is 4.98 Å². The third kappa shape index (κ3) is 5.93. The first-order valence-electron chi connectivity index (χ1n) is 11.9. The molecule has 30 heavy (non-hydrogen) atoms. The fourth-order valence-electron chi connectivity index (χ4n) is 4.70. The van der Waals surface area contributed by atoms with E-state index < -0.39 is 0 Å². The van der Waals surface area contributed by atoms with Crippen molar-refractivity contribution in [3.8, 4) is 0 Å². The smallest absolute Gasteiger partial charge is 0.253 e. The summed E-state index contributed by atoms with van der Waals surface area (Å²) in [6.07, 6.45) is 13.6. The molecule has 3 rings (SSSR count). The quantitative estimate of drug-likeness (QED) is 0.609. The monoisotopic (exact) mass is 406 g/mol. The summed E-state index contributed by atoms with van der Waals surface area (Å²) in [6.45, 7) is 6.24. The molecule has 1 aromatic carbocycles. The van der Waals surface area contributed by atoms with E-state index in [0.717, 1.165) is 36.1 Å². The van der Waals surface area contributed by atoms with E-state index in [0.29, 0.717) is 0 Å². The predicted octanol–water partition coefficient (Wildman–Crippen LogP) is 6.80. The maximum Gasteiger partial charge on any atom is 0.253 e. The van der Waals surface area contributed by atoms with E-state index in [9.17, 15) is 4.79 Å². The average molecular weight is 407 g/mol. The van der Waals surface area contributed by atoms with Gasteiger partial charge >= 0.3 is 0 Å². The van der Waals surface area contributed by atoms with Gasteiger partial charge in [-0.1, -0.05) is 75.3 Å². The topological polar surface area (TPSA) is 42.0 Å². The fourth-order valence-corrected chi connectivity index (χ4v) is 4.70. The molecule has 1 amide bonds. The Bertz CT molecular complexity index is 829. The molecule has 0 aliphatic heterocycles. The number of nitrogens with one attached hydrogen (secondary N) is 1. The molecular formula is C27H38N2O. The normalized spacial score (nSPS) is 17.0. The molecule has 0 saturated carbocycles. The molecule has 162 valence electrons. The number of pyridine rings is 1. The minimum atomic E-state index is -0.0243. The number of carbonyl (C=O) groups is 1. The summed E-state index contributed by atoms with van der Waals surface area (Å²) in [5.41, 5.74) is 6.50. The number of carbonyl (C=O) groups excluding carboxylic acids is 1. The van der Waals surface area contributed by atoms with E-state index >= 15 is 0 Å². The van der Waals surface area contributed by atoms with Crippen molar-refractivity contribution in [2.24, 2.45) is 0 Å². The number of benzene rings is 1. The Morgan fingerprint density at radius 1 is 0.867 bits per heavy atom. The number of rotatable bonds is 3. The first kappa shape index (κ1) is 22.5. The van der Waals surface area contributed by atoms with E-state index in [1.165, 1.54) is 68.2 Å². The number of hydrogen-bond acceptors (Lipinski definition) is 2. The molecule has 0 saturated heterocycles. The van der Waals surface area contributed by atoms with Gasteiger partial charge in [-0.3, -0.25) is 9.78 Å². The van der Waals surface area contributed by atoms with Crippen LogP contribution < -0.4 is 5.32 Å². The van der Waals surface area contributed by atoms with E-state index in [2.05, 4.69) is 31.3 Å². The molecule has 1 N–H and O–H groups in total. The molecule has 1 aliphatic carbocycles. The maximum atomic E-state index is 13.3. The Hall–Kier alpha value is -2.16. The minimum absolute atomic E-state index is 0.0159. The highest BCUT2D eigenvalue weighted by Crippen LogP contribution is 2.26. The van der Waals surface area contributed by atoms with Crippen molar-refractivity contribution in [2.45, 2.75) is 97.4 Å².